The zero-order valence-electron chi connectivity index (χ0n) is 16.7. The van der Waals surface area contributed by atoms with Crippen molar-refractivity contribution < 1.29 is 23.8 Å². The van der Waals surface area contributed by atoms with Crippen LogP contribution in [0.3, 0.4) is 0 Å². The molecule has 0 aliphatic carbocycles. The van der Waals surface area contributed by atoms with E-state index in [1.807, 2.05) is 19.1 Å². The molecule has 0 unspecified atom stereocenters. The van der Waals surface area contributed by atoms with E-state index in [0.717, 1.165) is 29.3 Å². The maximum absolute atomic E-state index is 12.8. The largest absolute Gasteiger partial charge is 0.493 e. The van der Waals surface area contributed by atoms with Crippen LogP contribution in [-0.2, 0) is 14.3 Å². The van der Waals surface area contributed by atoms with Gasteiger partial charge in [-0.2, -0.15) is 0 Å². The Kier molecular flexibility index (Phi) is 9.45. The Balaban J connectivity index is 2.04. The highest BCUT2D eigenvalue weighted by molar-refractivity contribution is 9.10. The number of rotatable bonds is 10. The van der Waals surface area contributed by atoms with Gasteiger partial charge in [0.05, 0.1) is 30.2 Å². The van der Waals surface area contributed by atoms with Crippen LogP contribution in [-0.4, -0.2) is 48.5 Å². The minimum absolute atomic E-state index is 0.100. The number of carbonyl (C=O) groups is 2. The number of hydrogen-bond donors (Lipinski definition) is 0. The molecule has 1 aromatic rings. The van der Waals surface area contributed by atoms with Gasteiger partial charge >= 0.3 is 5.97 Å². The van der Waals surface area contributed by atoms with E-state index >= 15 is 0 Å². The first-order chi connectivity index (χ1) is 13.9. The number of nitrogens with zero attached hydrogens (tertiary/aromatic N) is 1. The molecule has 0 aromatic heterocycles. The first-order valence-corrected chi connectivity index (χ1v) is 11.3. The van der Waals surface area contributed by atoms with Gasteiger partial charge < -0.3 is 14.2 Å². The van der Waals surface area contributed by atoms with E-state index in [0.29, 0.717) is 40.3 Å². The number of benzene rings is 1. The number of unbranched alkanes of at least 4 members (excludes halogenated alkanes) is 2. The second-order valence-corrected chi connectivity index (χ2v) is 8.72. The molecule has 1 aromatic carbocycles. The average Bonchev–Trinajstić information content (AvgIpc) is 2.96. The first kappa shape index (κ1) is 23.7. The highest BCUT2D eigenvalue weighted by Crippen LogP contribution is 2.39. The first-order valence-electron chi connectivity index (χ1n) is 9.23. The minimum atomic E-state index is -0.213. The molecule has 1 aliphatic rings. The predicted molar refractivity (Wildman–Crippen MR) is 122 cm³/mol. The predicted octanol–water partition coefficient (Wildman–Crippen LogP) is 4.79. The Morgan fingerprint density at radius 1 is 1.28 bits per heavy atom. The van der Waals surface area contributed by atoms with Crippen molar-refractivity contribution in [3.05, 3.63) is 27.1 Å². The van der Waals surface area contributed by atoms with Gasteiger partial charge in [-0.1, -0.05) is 30.4 Å². The number of esters is 1. The molecule has 0 N–H and O–H groups in total. The molecular formula is C20H24BrNO5S2. The summed E-state index contributed by atoms with van der Waals surface area (Å²) in [7, 11) is 2.96. The van der Waals surface area contributed by atoms with Crippen molar-refractivity contribution in [2.75, 3.05) is 27.4 Å². The van der Waals surface area contributed by atoms with E-state index < -0.39 is 0 Å². The van der Waals surface area contributed by atoms with Gasteiger partial charge in [0.2, 0.25) is 0 Å². The highest BCUT2D eigenvalue weighted by atomic mass is 79.9. The van der Waals surface area contributed by atoms with Crippen LogP contribution < -0.4 is 9.47 Å². The maximum Gasteiger partial charge on any atom is 0.305 e. The van der Waals surface area contributed by atoms with Gasteiger partial charge in [0.15, 0.2) is 11.5 Å². The van der Waals surface area contributed by atoms with Gasteiger partial charge in [-0.3, -0.25) is 14.5 Å². The lowest BCUT2D eigenvalue weighted by atomic mass is 10.1. The maximum atomic E-state index is 12.8. The Morgan fingerprint density at radius 3 is 2.69 bits per heavy atom. The van der Waals surface area contributed by atoms with Gasteiger partial charge in [0.25, 0.3) is 5.91 Å². The number of thioether (sulfide) groups is 1. The molecule has 0 bridgehead atoms. The normalized spacial score (nSPS) is 15.2. The third kappa shape index (κ3) is 6.45. The van der Waals surface area contributed by atoms with Crippen molar-refractivity contribution >= 4 is 62.2 Å². The Labute approximate surface area is 189 Å². The molecule has 1 aliphatic heterocycles. The number of carbonyl (C=O) groups excluding carboxylic acids is 2. The Hall–Kier alpha value is -1.58. The fourth-order valence-electron chi connectivity index (χ4n) is 2.77. The van der Waals surface area contributed by atoms with Crippen molar-refractivity contribution in [3.63, 3.8) is 0 Å². The van der Waals surface area contributed by atoms with Gasteiger partial charge in [-0.15, -0.1) is 0 Å². The molecule has 158 valence electrons. The van der Waals surface area contributed by atoms with E-state index in [2.05, 4.69) is 20.7 Å². The van der Waals surface area contributed by atoms with E-state index in [9.17, 15) is 9.59 Å². The fraction of sp³-hybridized carbons (Fsp3) is 0.450. The van der Waals surface area contributed by atoms with Gasteiger partial charge in [0, 0.05) is 13.0 Å². The van der Waals surface area contributed by atoms with Crippen LogP contribution >= 0.6 is 39.9 Å². The molecule has 0 saturated carbocycles. The summed E-state index contributed by atoms with van der Waals surface area (Å²) in [4.78, 5) is 26.1. The highest BCUT2D eigenvalue weighted by Gasteiger charge is 2.31. The van der Waals surface area contributed by atoms with Crippen molar-refractivity contribution in [1.82, 2.24) is 4.90 Å². The van der Waals surface area contributed by atoms with Crippen molar-refractivity contribution in [2.24, 2.45) is 0 Å². The van der Waals surface area contributed by atoms with Crippen molar-refractivity contribution in [1.29, 1.82) is 0 Å². The third-order valence-electron chi connectivity index (χ3n) is 4.20. The summed E-state index contributed by atoms with van der Waals surface area (Å²) in [5, 5.41) is 0. The second kappa shape index (κ2) is 11.6. The molecule has 1 fully saturated rings. The molecule has 1 heterocycles. The molecule has 0 atom stereocenters. The Bertz CT molecular complexity index is 812. The molecular weight excluding hydrogens is 478 g/mol. The molecule has 6 nitrogen and oxygen atoms in total. The summed E-state index contributed by atoms with van der Waals surface area (Å²) < 4.78 is 16.9. The molecule has 1 amide bonds. The molecule has 0 spiro atoms. The quantitative estimate of drug-likeness (QED) is 0.197. The lowest BCUT2D eigenvalue weighted by molar-refractivity contribution is -0.140. The zero-order valence-corrected chi connectivity index (χ0v) is 19.9. The van der Waals surface area contributed by atoms with Gasteiger partial charge in [-0.25, -0.2) is 0 Å². The average molecular weight is 502 g/mol. The smallest absolute Gasteiger partial charge is 0.305 e. The summed E-state index contributed by atoms with van der Waals surface area (Å²) in [6.45, 7) is 2.96. The fourth-order valence-corrected chi connectivity index (χ4v) is 4.65. The van der Waals surface area contributed by atoms with Gasteiger partial charge in [-0.05, 0) is 59.5 Å². The van der Waals surface area contributed by atoms with E-state index in [-0.39, 0.29) is 11.9 Å². The Morgan fingerprint density at radius 2 is 2.03 bits per heavy atom. The molecule has 1 saturated heterocycles. The summed E-state index contributed by atoms with van der Waals surface area (Å²) in [6, 6.07) is 3.71. The van der Waals surface area contributed by atoms with Crippen LogP contribution in [0.25, 0.3) is 6.08 Å². The number of hydrogen-bond acceptors (Lipinski definition) is 7. The third-order valence-corrected chi connectivity index (χ3v) is 6.17. The van der Waals surface area contributed by atoms with Crippen LogP contribution in [0.1, 0.15) is 38.2 Å². The van der Waals surface area contributed by atoms with E-state index in [1.165, 1.54) is 18.9 Å². The standard InChI is InChI=1S/C20H24BrNO5S2/c1-4-27-18-14(21)10-13(11-15(18)25-2)12-16-19(24)22(20(28)29-16)9-7-5-6-8-17(23)26-3/h10-12H,4-9H2,1-3H3/b16-12-. The topological polar surface area (TPSA) is 65.1 Å². The number of halogens is 1. The van der Waals surface area contributed by atoms with Crippen LogP contribution in [0.15, 0.2) is 21.5 Å². The van der Waals surface area contributed by atoms with Gasteiger partial charge in [0.1, 0.15) is 4.32 Å². The minimum Gasteiger partial charge on any atom is -0.493 e. The summed E-state index contributed by atoms with van der Waals surface area (Å²) in [5.41, 5.74) is 0.816. The van der Waals surface area contributed by atoms with Crippen LogP contribution in [0, 0.1) is 0 Å². The lowest BCUT2D eigenvalue weighted by Gasteiger charge is -2.14. The number of methoxy groups -OCH3 is 2. The zero-order chi connectivity index (χ0) is 21.4. The number of thiocarbonyl (C=S) groups is 1. The number of ether oxygens (including phenoxy) is 3. The molecule has 2 rings (SSSR count). The second-order valence-electron chi connectivity index (χ2n) is 6.19. The summed E-state index contributed by atoms with van der Waals surface area (Å²) in [6.07, 6.45) is 4.54. The van der Waals surface area contributed by atoms with Crippen LogP contribution in [0.2, 0.25) is 0 Å². The molecule has 0 radical (unpaired) electrons. The van der Waals surface area contributed by atoms with Crippen LogP contribution in [0.4, 0.5) is 0 Å². The summed E-state index contributed by atoms with van der Waals surface area (Å²) >= 11 is 10.2. The van der Waals surface area contributed by atoms with Crippen molar-refractivity contribution in [3.8, 4) is 11.5 Å². The molecule has 29 heavy (non-hydrogen) atoms. The van der Waals surface area contributed by atoms with E-state index in [1.54, 1.807) is 18.1 Å². The number of amides is 1. The van der Waals surface area contributed by atoms with Crippen molar-refractivity contribution in [2.45, 2.75) is 32.6 Å². The van der Waals surface area contributed by atoms with E-state index in [4.69, 9.17) is 21.7 Å². The molecule has 9 heteroatoms. The monoisotopic (exact) mass is 501 g/mol. The van der Waals surface area contributed by atoms with Crippen LogP contribution in [0.5, 0.6) is 11.5 Å². The lowest BCUT2D eigenvalue weighted by Crippen LogP contribution is -2.29. The SMILES string of the molecule is CCOc1c(Br)cc(/C=C2\SC(=S)N(CCCCCC(=O)OC)C2=O)cc1OC. The summed E-state index contributed by atoms with van der Waals surface area (Å²) in [5.74, 6) is 0.910.